The minimum Gasteiger partial charge on any atom is -0.271 e. The molecule has 0 heterocycles. The predicted octanol–water partition coefficient (Wildman–Crippen LogP) is 2.27. The molecular weight excluding hydrogens is 560 g/mol. The first-order valence-corrected chi connectivity index (χ1v) is 12.9. The Labute approximate surface area is 204 Å². The molecule has 0 unspecified atom stereocenters. The van der Waals surface area contributed by atoms with Crippen LogP contribution in [0.4, 0.5) is 0 Å². The van der Waals surface area contributed by atoms with E-state index in [-0.39, 0.29) is 9.98 Å². The molecule has 0 spiro atoms. The molecule has 0 aliphatic heterocycles. The topological polar surface area (TPSA) is 152 Å². The predicted molar refractivity (Wildman–Crippen MR) is 130 cm³/mol. The molecule has 2 aromatic carbocycles. The zero-order chi connectivity index (χ0) is 24.8. The Morgan fingerprint density at radius 1 is 1.12 bits per heavy atom. The van der Waals surface area contributed by atoms with Crippen molar-refractivity contribution in [3.05, 3.63) is 69.2 Å². The molecule has 0 bridgehead atoms. The van der Waals surface area contributed by atoms with E-state index in [0.29, 0.717) is 21.4 Å². The van der Waals surface area contributed by atoms with Crippen molar-refractivity contribution in [3.63, 3.8) is 0 Å². The minimum absolute atomic E-state index is 0.0699. The van der Waals surface area contributed by atoms with Crippen molar-refractivity contribution < 1.29 is 21.6 Å². The number of nitrogens with zero attached hydrogens (tertiary/aromatic N) is 4. The third-order valence-corrected chi connectivity index (χ3v) is 7.18. The molecule has 0 saturated carbocycles. The van der Waals surface area contributed by atoms with Crippen LogP contribution in [0.15, 0.2) is 63.1 Å². The molecule has 11 nitrogen and oxygen atoms in total. The number of carbonyl (C=O) groups excluding carboxylic acids is 1. The monoisotopic (exact) mass is 576 g/mol. The van der Waals surface area contributed by atoms with Gasteiger partial charge >= 0.3 is 20.2 Å². The van der Waals surface area contributed by atoms with Gasteiger partial charge in [0, 0.05) is 29.2 Å². The minimum atomic E-state index is -4.90. The Kier molecular flexibility index (Phi) is 8.85. The number of sulfonamides is 1. The van der Waals surface area contributed by atoms with Gasteiger partial charge in [-0.25, -0.2) is 4.99 Å². The summed E-state index contributed by atoms with van der Waals surface area (Å²) >= 11 is 9.09. The lowest BCUT2D eigenvalue weighted by Crippen LogP contribution is -2.38. The molecule has 0 saturated heterocycles. The van der Waals surface area contributed by atoms with Crippen molar-refractivity contribution in [2.75, 3.05) is 14.1 Å². The van der Waals surface area contributed by atoms with E-state index >= 15 is 0 Å². The van der Waals surface area contributed by atoms with Gasteiger partial charge in [-0.2, -0.15) is 26.2 Å². The molecule has 0 aliphatic rings. The fourth-order valence-corrected chi connectivity index (χ4v) is 3.82. The summed E-state index contributed by atoms with van der Waals surface area (Å²) in [7, 11) is -6.38. The SMILES string of the molecule is CN(C)S(=O)(=O)N/C=N\C(=N)S(=O)(=O)N(/N=C/c1cccc(Br)c1)C(=O)c1ccc(Cl)cc1. The number of nitrogens with one attached hydrogen (secondary N) is 2. The van der Waals surface area contributed by atoms with Gasteiger partial charge in [0.1, 0.15) is 6.34 Å². The number of hydrogen-bond donors (Lipinski definition) is 2. The van der Waals surface area contributed by atoms with Crippen molar-refractivity contribution in [1.82, 2.24) is 13.4 Å². The van der Waals surface area contributed by atoms with Crippen molar-refractivity contribution in [2.24, 2.45) is 10.1 Å². The van der Waals surface area contributed by atoms with Crippen LogP contribution in [-0.4, -0.2) is 63.3 Å². The summed E-state index contributed by atoms with van der Waals surface area (Å²) in [5, 5.41) is 10.6. The van der Waals surface area contributed by atoms with E-state index in [2.05, 4.69) is 26.0 Å². The second-order valence-corrected chi connectivity index (χ2v) is 11.3. The maximum atomic E-state index is 12.9. The quantitative estimate of drug-likeness (QED) is 0.306. The number of hydrazone groups is 1. The lowest BCUT2D eigenvalue weighted by Gasteiger charge is -2.16. The maximum Gasteiger partial charge on any atom is 0.321 e. The van der Waals surface area contributed by atoms with Gasteiger partial charge in [-0.1, -0.05) is 39.7 Å². The van der Waals surface area contributed by atoms with Crippen LogP contribution in [0.3, 0.4) is 0 Å². The molecule has 0 aromatic heterocycles. The number of benzene rings is 2. The number of rotatable bonds is 6. The molecule has 0 atom stereocenters. The Morgan fingerprint density at radius 2 is 1.76 bits per heavy atom. The Hall–Kier alpha value is -2.65. The van der Waals surface area contributed by atoms with E-state index < -0.39 is 31.3 Å². The molecule has 1 amide bonds. The molecule has 0 radical (unpaired) electrons. The van der Waals surface area contributed by atoms with E-state index in [1.807, 2.05) is 4.72 Å². The Balaban J connectivity index is 2.43. The largest absolute Gasteiger partial charge is 0.321 e. The lowest BCUT2D eigenvalue weighted by molar-refractivity contribution is 0.0866. The average Bonchev–Trinajstić information content (AvgIpc) is 2.73. The highest BCUT2D eigenvalue weighted by Crippen LogP contribution is 2.16. The first-order valence-electron chi connectivity index (χ1n) is 8.80. The summed E-state index contributed by atoms with van der Waals surface area (Å²) in [6, 6.07) is 12.0. The van der Waals surface area contributed by atoms with Crippen LogP contribution in [0.25, 0.3) is 0 Å². The highest BCUT2D eigenvalue weighted by molar-refractivity contribution is 9.10. The number of amidine groups is 1. The number of hydrogen-bond acceptors (Lipinski definition) is 7. The summed E-state index contributed by atoms with van der Waals surface area (Å²) in [5.74, 6) is -1.08. The smallest absolute Gasteiger partial charge is 0.271 e. The third kappa shape index (κ3) is 7.17. The second kappa shape index (κ2) is 11.0. The molecule has 0 fully saturated rings. The summed E-state index contributed by atoms with van der Waals surface area (Å²) in [6.45, 7) is 0. The van der Waals surface area contributed by atoms with Crippen LogP contribution in [0.2, 0.25) is 5.02 Å². The zero-order valence-corrected chi connectivity index (χ0v) is 21.2. The lowest BCUT2D eigenvalue weighted by atomic mass is 10.2. The normalized spacial score (nSPS) is 12.4. The van der Waals surface area contributed by atoms with Gasteiger partial charge < -0.3 is 0 Å². The van der Waals surface area contributed by atoms with Crippen molar-refractivity contribution in [1.29, 1.82) is 5.41 Å². The fourth-order valence-electron chi connectivity index (χ4n) is 2.04. The van der Waals surface area contributed by atoms with Crippen LogP contribution in [0, 0.1) is 5.41 Å². The summed E-state index contributed by atoms with van der Waals surface area (Å²) in [5.41, 5.74) is 0.390. The first-order chi connectivity index (χ1) is 15.3. The van der Waals surface area contributed by atoms with Crippen LogP contribution in [0.1, 0.15) is 15.9 Å². The average molecular weight is 578 g/mol. The van der Waals surface area contributed by atoms with E-state index in [0.717, 1.165) is 10.5 Å². The van der Waals surface area contributed by atoms with Gasteiger partial charge in [-0.15, -0.1) is 4.41 Å². The van der Waals surface area contributed by atoms with Crippen LogP contribution in [-0.2, 0) is 20.2 Å². The molecule has 2 rings (SSSR count). The van der Waals surface area contributed by atoms with E-state index in [1.165, 1.54) is 38.4 Å². The molecule has 0 aliphatic carbocycles. The van der Waals surface area contributed by atoms with Crippen molar-refractivity contribution >= 4 is 71.4 Å². The summed E-state index contributed by atoms with van der Waals surface area (Å²) in [6.07, 6.45) is 1.63. The molecule has 2 aromatic rings. The van der Waals surface area contributed by atoms with Crippen LogP contribution >= 0.6 is 27.5 Å². The molecule has 176 valence electrons. The van der Waals surface area contributed by atoms with Crippen LogP contribution < -0.4 is 4.72 Å². The summed E-state index contributed by atoms with van der Waals surface area (Å²) < 4.78 is 52.7. The van der Waals surface area contributed by atoms with Crippen molar-refractivity contribution in [3.8, 4) is 0 Å². The van der Waals surface area contributed by atoms with E-state index in [1.54, 1.807) is 24.3 Å². The van der Waals surface area contributed by atoms with E-state index in [4.69, 9.17) is 17.0 Å². The number of carbonyl (C=O) groups is 1. The highest BCUT2D eigenvalue weighted by atomic mass is 79.9. The number of halogens is 2. The highest BCUT2D eigenvalue weighted by Gasteiger charge is 2.32. The van der Waals surface area contributed by atoms with Crippen molar-refractivity contribution in [2.45, 2.75) is 0 Å². The van der Waals surface area contributed by atoms with E-state index in [9.17, 15) is 21.6 Å². The second-order valence-electron chi connectivity index (χ2n) is 6.33. The van der Waals surface area contributed by atoms with Gasteiger partial charge in [0.15, 0.2) is 0 Å². The molecule has 33 heavy (non-hydrogen) atoms. The third-order valence-electron chi connectivity index (χ3n) is 3.76. The van der Waals surface area contributed by atoms with Gasteiger partial charge in [0.25, 0.3) is 11.1 Å². The number of amides is 1. The fraction of sp³-hybridized carbons (Fsp3) is 0.111. The van der Waals surface area contributed by atoms with Gasteiger partial charge in [0.2, 0.25) is 0 Å². The standard InChI is InChI=1S/C18H18BrClN6O5S2/c1-25(2)33(30,31)24-12-22-18(21)32(28,29)26(17(27)14-6-8-16(20)9-7-14)23-11-13-4-3-5-15(19)10-13/h3-12H,1-2H3,(H2,21,22,24)/b23-11+. The van der Waals surface area contributed by atoms with Gasteiger partial charge in [-0.05, 0) is 42.0 Å². The zero-order valence-electron chi connectivity index (χ0n) is 17.2. The molecule has 15 heteroatoms. The maximum absolute atomic E-state index is 12.9. The van der Waals surface area contributed by atoms with Crippen LogP contribution in [0.5, 0.6) is 0 Å². The number of aliphatic imine (C=N–C) groups is 1. The van der Waals surface area contributed by atoms with Gasteiger partial charge in [0.05, 0.1) is 6.21 Å². The first kappa shape index (κ1) is 26.6. The Morgan fingerprint density at radius 3 is 2.33 bits per heavy atom. The molecular formula is C18H18BrClN6O5S2. The Bertz CT molecular complexity index is 1310. The van der Waals surface area contributed by atoms with Gasteiger partial charge in [-0.3, -0.25) is 14.9 Å². The summed E-state index contributed by atoms with van der Waals surface area (Å²) in [4.78, 5) is 16.2. The molecule has 2 N–H and O–H groups in total.